The summed E-state index contributed by atoms with van der Waals surface area (Å²) in [6.07, 6.45) is 1.38. The maximum atomic E-state index is 12.4. The number of carbonyl (C=O) groups is 2. The minimum absolute atomic E-state index is 0.0838. The first-order valence-corrected chi connectivity index (χ1v) is 9.21. The van der Waals surface area contributed by atoms with Gasteiger partial charge in [0.2, 0.25) is 5.91 Å². The highest BCUT2D eigenvalue weighted by atomic mass is 16.4. The van der Waals surface area contributed by atoms with Crippen molar-refractivity contribution in [3.05, 3.63) is 59.9 Å². The molecule has 2 aromatic carbocycles. The van der Waals surface area contributed by atoms with Crippen LogP contribution in [-0.4, -0.2) is 39.0 Å². The average molecular weight is 373 g/mol. The Morgan fingerprint density at radius 1 is 1.25 bits per heavy atom. The molecule has 1 amide bonds. The predicted molar refractivity (Wildman–Crippen MR) is 102 cm³/mol. The molecule has 3 atom stereocenters. The largest absolute Gasteiger partial charge is 0.543 e. The molecule has 0 radical (unpaired) electrons. The van der Waals surface area contributed by atoms with Crippen molar-refractivity contribution in [1.82, 2.24) is 9.88 Å². The van der Waals surface area contributed by atoms with Gasteiger partial charge in [0, 0.05) is 17.0 Å². The molecule has 140 valence electrons. The van der Waals surface area contributed by atoms with Gasteiger partial charge in [0.1, 0.15) is 0 Å². The van der Waals surface area contributed by atoms with Crippen molar-refractivity contribution in [2.24, 2.45) is 5.92 Å². The molecule has 28 heavy (non-hydrogen) atoms. The van der Waals surface area contributed by atoms with Crippen LogP contribution in [0.1, 0.15) is 18.9 Å². The molecule has 1 fully saturated rings. The van der Waals surface area contributed by atoms with Gasteiger partial charge in [-0.05, 0) is 42.0 Å². The van der Waals surface area contributed by atoms with Gasteiger partial charge < -0.3 is 19.9 Å². The molecule has 3 heterocycles. The smallest absolute Gasteiger partial charge is 0.235 e. The number of aliphatic carboxylic acids is 1. The summed E-state index contributed by atoms with van der Waals surface area (Å²) < 4.78 is 0. The second kappa shape index (κ2) is 5.87. The number of amides is 1. The van der Waals surface area contributed by atoms with Gasteiger partial charge in [-0.15, -0.1) is 0 Å². The van der Waals surface area contributed by atoms with E-state index >= 15 is 0 Å². The Labute approximate surface area is 160 Å². The third-order valence-electron chi connectivity index (χ3n) is 5.86. The lowest BCUT2D eigenvalue weighted by Gasteiger charge is -2.45. The maximum Gasteiger partial charge on any atom is 0.235 e. The van der Waals surface area contributed by atoms with Crippen molar-refractivity contribution >= 4 is 39.1 Å². The molecule has 5 rings (SSSR count). The lowest BCUT2D eigenvalue weighted by molar-refractivity contribution is -0.301. The number of nitrogens with zero attached hydrogens (tertiary/aromatic N) is 2. The molecule has 1 saturated heterocycles. The van der Waals surface area contributed by atoms with Crippen LogP contribution in [0, 0.1) is 5.92 Å². The molecule has 0 saturated carbocycles. The number of hydrogen-bond acceptors (Lipinski definition) is 5. The molecule has 0 bridgehead atoms. The number of aliphatic hydroxyl groups excluding tert-OH is 1. The van der Waals surface area contributed by atoms with E-state index in [-0.39, 0.29) is 17.6 Å². The van der Waals surface area contributed by atoms with Crippen molar-refractivity contribution in [2.45, 2.75) is 25.5 Å². The van der Waals surface area contributed by atoms with E-state index in [1.807, 2.05) is 48.7 Å². The van der Waals surface area contributed by atoms with Gasteiger partial charge in [0.05, 0.1) is 35.2 Å². The minimum Gasteiger partial charge on any atom is -0.543 e. The number of carboxylic acids is 1. The van der Waals surface area contributed by atoms with Crippen LogP contribution in [0.25, 0.3) is 27.2 Å². The fraction of sp³-hybridized carbons (Fsp3) is 0.227. The van der Waals surface area contributed by atoms with Gasteiger partial charge in [0.25, 0.3) is 0 Å². The van der Waals surface area contributed by atoms with Gasteiger partial charge in [-0.2, -0.15) is 0 Å². The quantitative estimate of drug-likeness (QED) is 0.554. The zero-order valence-corrected chi connectivity index (χ0v) is 15.1. The SMILES string of the molecule is C[C@@H](O)[C@H]1C(=O)N2C(C(=O)[O-])=C(c3ccc4ncc5ccccc5c4c3)C[C@H]12. The molecule has 2 aliphatic rings. The number of carboxylic acid groups (broad SMARTS) is 1. The molecule has 6 heteroatoms. The van der Waals surface area contributed by atoms with Gasteiger partial charge in [-0.3, -0.25) is 9.78 Å². The van der Waals surface area contributed by atoms with E-state index in [2.05, 4.69) is 4.98 Å². The van der Waals surface area contributed by atoms with E-state index < -0.39 is 18.0 Å². The molecule has 1 aromatic heterocycles. The van der Waals surface area contributed by atoms with E-state index in [4.69, 9.17) is 0 Å². The molecule has 3 aromatic rings. The Kier molecular flexibility index (Phi) is 3.54. The van der Waals surface area contributed by atoms with Gasteiger partial charge in [-0.25, -0.2) is 0 Å². The number of pyridine rings is 1. The van der Waals surface area contributed by atoms with Gasteiger partial charge >= 0.3 is 0 Å². The molecule has 6 nitrogen and oxygen atoms in total. The second-order valence-corrected chi connectivity index (χ2v) is 7.44. The summed E-state index contributed by atoms with van der Waals surface area (Å²) in [5, 5.41) is 24.7. The van der Waals surface area contributed by atoms with E-state index in [1.165, 1.54) is 4.90 Å². The van der Waals surface area contributed by atoms with Gasteiger partial charge in [0.15, 0.2) is 0 Å². The first-order chi connectivity index (χ1) is 13.5. The van der Waals surface area contributed by atoms with Crippen molar-refractivity contribution in [1.29, 1.82) is 0 Å². The summed E-state index contributed by atoms with van der Waals surface area (Å²) in [6, 6.07) is 13.2. The number of β-lactam (4-membered cyclic amide) rings is 1. The van der Waals surface area contributed by atoms with Crippen molar-refractivity contribution in [3.63, 3.8) is 0 Å². The molecule has 0 spiro atoms. The lowest BCUT2D eigenvalue weighted by Crippen LogP contribution is -2.62. The van der Waals surface area contributed by atoms with Crippen LogP contribution in [0.4, 0.5) is 0 Å². The van der Waals surface area contributed by atoms with Crippen LogP contribution in [-0.2, 0) is 9.59 Å². The monoisotopic (exact) mass is 373 g/mol. The fourth-order valence-corrected chi connectivity index (χ4v) is 4.56. The Morgan fingerprint density at radius 3 is 2.79 bits per heavy atom. The highest BCUT2D eigenvalue weighted by molar-refractivity contribution is 6.09. The zero-order chi connectivity index (χ0) is 19.6. The number of carbonyl (C=O) groups excluding carboxylic acids is 2. The highest BCUT2D eigenvalue weighted by Crippen LogP contribution is 2.47. The van der Waals surface area contributed by atoms with E-state index in [0.717, 1.165) is 27.2 Å². The third kappa shape index (κ3) is 2.21. The van der Waals surface area contributed by atoms with Crippen LogP contribution >= 0.6 is 0 Å². The highest BCUT2D eigenvalue weighted by Gasteiger charge is 2.55. The first-order valence-electron chi connectivity index (χ1n) is 9.21. The number of hydrogen-bond donors (Lipinski definition) is 1. The Balaban J connectivity index is 1.68. The minimum atomic E-state index is -1.37. The molecule has 0 unspecified atom stereocenters. The van der Waals surface area contributed by atoms with Crippen LogP contribution in [0.2, 0.25) is 0 Å². The van der Waals surface area contributed by atoms with Crippen LogP contribution in [0.3, 0.4) is 0 Å². The standard InChI is InChI=1S/C22H18N2O4/c1-11(25)19-18-9-15(20(22(27)28)24(18)21(19)26)12-6-7-17-16(8-12)14-5-3-2-4-13(14)10-23-17/h2-8,10-11,18-19,25H,9H2,1H3,(H,27,28)/p-1/t11-,18-,19-/m1/s1. The average Bonchev–Trinajstić information content (AvgIpc) is 3.02. The van der Waals surface area contributed by atoms with E-state index in [1.54, 1.807) is 6.92 Å². The summed E-state index contributed by atoms with van der Waals surface area (Å²) in [7, 11) is 0. The van der Waals surface area contributed by atoms with E-state index in [9.17, 15) is 19.8 Å². The molecule has 2 aliphatic heterocycles. The van der Waals surface area contributed by atoms with Crippen molar-refractivity contribution < 1.29 is 19.8 Å². The summed E-state index contributed by atoms with van der Waals surface area (Å²) in [5.41, 5.74) is 2.03. The number of aromatic nitrogens is 1. The summed E-state index contributed by atoms with van der Waals surface area (Å²) in [4.78, 5) is 30.0. The topological polar surface area (TPSA) is 93.6 Å². The van der Waals surface area contributed by atoms with Crippen LogP contribution < -0.4 is 5.11 Å². The van der Waals surface area contributed by atoms with Gasteiger partial charge in [-0.1, -0.05) is 30.3 Å². The fourth-order valence-electron chi connectivity index (χ4n) is 4.56. The second-order valence-electron chi connectivity index (χ2n) is 7.44. The Hall–Kier alpha value is -3.25. The number of aliphatic hydroxyl groups is 1. The molecule has 0 aliphatic carbocycles. The zero-order valence-electron chi connectivity index (χ0n) is 15.1. The number of benzene rings is 2. The molecular formula is C22H17N2O4-. The summed E-state index contributed by atoms with van der Waals surface area (Å²) >= 11 is 0. The summed E-state index contributed by atoms with van der Waals surface area (Å²) in [5.74, 6) is -2.30. The lowest BCUT2D eigenvalue weighted by atomic mass is 9.82. The Morgan fingerprint density at radius 2 is 2.04 bits per heavy atom. The van der Waals surface area contributed by atoms with Crippen LogP contribution in [0.5, 0.6) is 0 Å². The number of rotatable bonds is 3. The maximum absolute atomic E-state index is 12.4. The predicted octanol–water partition coefficient (Wildman–Crippen LogP) is 1.46. The summed E-state index contributed by atoms with van der Waals surface area (Å²) in [6.45, 7) is 1.56. The Bertz CT molecular complexity index is 1200. The third-order valence-corrected chi connectivity index (χ3v) is 5.86. The van der Waals surface area contributed by atoms with Crippen molar-refractivity contribution in [2.75, 3.05) is 0 Å². The number of fused-ring (bicyclic) bond motifs is 4. The molecular weight excluding hydrogens is 356 g/mol. The van der Waals surface area contributed by atoms with E-state index in [0.29, 0.717) is 12.0 Å². The first kappa shape index (κ1) is 16.9. The molecule has 1 N–H and O–H groups in total. The van der Waals surface area contributed by atoms with Crippen LogP contribution in [0.15, 0.2) is 54.4 Å². The normalized spacial score (nSPS) is 22.5. The van der Waals surface area contributed by atoms with Crippen molar-refractivity contribution in [3.8, 4) is 0 Å².